The highest BCUT2D eigenvalue weighted by Crippen LogP contribution is 1.87. The van der Waals surface area contributed by atoms with Crippen LogP contribution in [0, 0.1) is 0 Å². The topological polar surface area (TPSA) is 47.6 Å². The molecule has 0 atom stereocenters. The van der Waals surface area contributed by atoms with Gasteiger partial charge >= 0.3 is 0 Å². The van der Waals surface area contributed by atoms with E-state index in [0.29, 0.717) is 13.2 Å². The molecule has 0 radical (unpaired) electrons. The van der Waals surface area contributed by atoms with Gasteiger partial charge in [-0.3, -0.25) is 0 Å². The summed E-state index contributed by atoms with van der Waals surface area (Å²) in [4.78, 5) is 4.80. The number of hydrogen-bond acceptors (Lipinski definition) is 3. The van der Waals surface area contributed by atoms with E-state index in [1.54, 1.807) is 0 Å². The molecule has 0 aromatic heterocycles. The summed E-state index contributed by atoms with van der Waals surface area (Å²) in [7, 11) is 0. The van der Waals surface area contributed by atoms with Crippen LogP contribution < -0.4 is 5.73 Å². The molecule has 0 aliphatic rings. The van der Waals surface area contributed by atoms with Crippen LogP contribution in [0.3, 0.4) is 0 Å². The summed E-state index contributed by atoms with van der Waals surface area (Å²) in [6.07, 6.45) is 3.48. The standard InChI is InChI=1S/C7H14N2O/c1-7(2)3-6-10-9-5-4-8/h3,5H,4,6,8H2,1-2H3/b9-5+. The smallest absolute Gasteiger partial charge is 0.135 e. The van der Waals surface area contributed by atoms with E-state index in [4.69, 9.17) is 10.6 Å². The Morgan fingerprint density at radius 1 is 1.60 bits per heavy atom. The highest BCUT2D eigenvalue weighted by molar-refractivity contribution is 5.58. The van der Waals surface area contributed by atoms with Gasteiger partial charge in [0.05, 0.1) is 6.21 Å². The maximum atomic E-state index is 5.13. The predicted octanol–water partition coefficient (Wildman–Crippen LogP) is 0.914. The second kappa shape index (κ2) is 6.29. The lowest BCUT2D eigenvalue weighted by atomic mass is 10.3. The number of nitrogens with two attached hydrogens (primary N) is 1. The molecule has 0 saturated heterocycles. The predicted molar refractivity (Wildman–Crippen MR) is 42.9 cm³/mol. The molecular weight excluding hydrogens is 128 g/mol. The average Bonchev–Trinajstić information content (AvgIpc) is 1.87. The van der Waals surface area contributed by atoms with Crippen LogP contribution in [-0.2, 0) is 4.84 Å². The minimum Gasteiger partial charge on any atom is -0.392 e. The summed E-state index contributed by atoms with van der Waals surface area (Å²) in [6, 6.07) is 0. The minimum absolute atomic E-state index is 0.425. The lowest BCUT2D eigenvalue weighted by Crippen LogP contribution is -1.99. The third-order valence-corrected chi connectivity index (χ3v) is 0.821. The van der Waals surface area contributed by atoms with E-state index < -0.39 is 0 Å². The summed E-state index contributed by atoms with van der Waals surface area (Å²) < 4.78 is 0. The molecule has 0 unspecified atom stereocenters. The third kappa shape index (κ3) is 7.17. The number of rotatable bonds is 4. The van der Waals surface area contributed by atoms with Crippen molar-refractivity contribution < 1.29 is 4.84 Å². The number of allylic oxidation sites excluding steroid dienone is 1. The largest absolute Gasteiger partial charge is 0.392 e. The van der Waals surface area contributed by atoms with Gasteiger partial charge in [-0.15, -0.1) is 0 Å². The van der Waals surface area contributed by atoms with E-state index in [0.717, 1.165) is 0 Å². The van der Waals surface area contributed by atoms with Gasteiger partial charge in [0.1, 0.15) is 6.61 Å². The fourth-order valence-electron chi connectivity index (χ4n) is 0.343. The van der Waals surface area contributed by atoms with E-state index in [9.17, 15) is 0 Å². The number of hydrogen-bond donors (Lipinski definition) is 1. The summed E-state index contributed by atoms with van der Waals surface area (Å²) in [5.74, 6) is 0. The quantitative estimate of drug-likeness (QED) is 0.274. The van der Waals surface area contributed by atoms with Gasteiger partial charge in [0.2, 0.25) is 0 Å². The van der Waals surface area contributed by atoms with Crippen molar-refractivity contribution in [3.8, 4) is 0 Å². The maximum absolute atomic E-state index is 5.13. The van der Waals surface area contributed by atoms with Crippen molar-refractivity contribution >= 4 is 6.21 Å². The summed E-state index contributed by atoms with van der Waals surface area (Å²) >= 11 is 0. The monoisotopic (exact) mass is 142 g/mol. The Balaban J connectivity index is 3.21. The fourth-order valence-corrected chi connectivity index (χ4v) is 0.343. The van der Waals surface area contributed by atoms with Crippen LogP contribution in [0.1, 0.15) is 13.8 Å². The molecule has 0 aliphatic carbocycles. The Labute approximate surface area is 61.5 Å². The Hall–Kier alpha value is -0.830. The van der Waals surface area contributed by atoms with Gasteiger partial charge in [-0.25, -0.2) is 0 Å². The lowest BCUT2D eigenvalue weighted by molar-refractivity contribution is 0.175. The van der Waals surface area contributed by atoms with E-state index in [1.807, 2.05) is 19.9 Å². The van der Waals surface area contributed by atoms with Crippen molar-refractivity contribution in [2.24, 2.45) is 10.9 Å². The third-order valence-electron chi connectivity index (χ3n) is 0.821. The van der Waals surface area contributed by atoms with Crippen LogP contribution in [0.5, 0.6) is 0 Å². The van der Waals surface area contributed by atoms with Gasteiger partial charge in [0, 0.05) is 6.54 Å². The second-order valence-corrected chi connectivity index (χ2v) is 2.10. The van der Waals surface area contributed by atoms with Crippen LogP contribution in [0.25, 0.3) is 0 Å². The molecular formula is C7H14N2O. The first-order chi connectivity index (χ1) is 4.77. The first-order valence-corrected chi connectivity index (χ1v) is 3.24. The zero-order valence-corrected chi connectivity index (χ0v) is 6.50. The normalized spacial score (nSPS) is 9.90. The van der Waals surface area contributed by atoms with E-state index >= 15 is 0 Å². The van der Waals surface area contributed by atoms with Crippen LogP contribution in [0.4, 0.5) is 0 Å². The van der Waals surface area contributed by atoms with E-state index in [2.05, 4.69) is 5.16 Å². The Morgan fingerprint density at radius 2 is 2.30 bits per heavy atom. The van der Waals surface area contributed by atoms with Crippen LogP contribution in [-0.4, -0.2) is 19.4 Å². The zero-order valence-electron chi connectivity index (χ0n) is 6.50. The number of nitrogens with zero attached hydrogens (tertiary/aromatic N) is 1. The van der Waals surface area contributed by atoms with Crippen LogP contribution >= 0.6 is 0 Å². The van der Waals surface area contributed by atoms with Gasteiger partial charge in [-0.05, 0) is 19.9 Å². The van der Waals surface area contributed by atoms with E-state index in [1.165, 1.54) is 11.8 Å². The first-order valence-electron chi connectivity index (χ1n) is 3.24. The second-order valence-electron chi connectivity index (χ2n) is 2.10. The molecule has 58 valence electrons. The van der Waals surface area contributed by atoms with Crippen LogP contribution in [0.2, 0.25) is 0 Å². The Bertz CT molecular complexity index is 126. The molecule has 0 aromatic carbocycles. The van der Waals surface area contributed by atoms with Gasteiger partial charge in [0.15, 0.2) is 0 Å². The lowest BCUT2D eigenvalue weighted by Gasteiger charge is -1.91. The highest BCUT2D eigenvalue weighted by atomic mass is 16.6. The van der Waals surface area contributed by atoms with Gasteiger partial charge in [-0.2, -0.15) is 0 Å². The highest BCUT2D eigenvalue weighted by Gasteiger charge is 1.76. The SMILES string of the molecule is CC(C)=CCO/N=C/CN. The fraction of sp³-hybridized carbons (Fsp3) is 0.571. The molecule has 0 rings (SSSR count). The van der Waals surface area contributed by atoms with Crippen molar-refractivity contribution in [2.75, 3.05) is 13.2 Å². The van der Waals surface area contributed by atoms with Crippen molar-refractivity contribution in [3.05, 3.63) is 11.6 Å². The first kappa shape index (κ1) is 9.17. The molecule has 3 nitrogen and oxygen atoms in total. The number of oxime groups is 1. The van der Waals surface area contributed by atoms with Crippen LogP contribution in [0.15, 0.2) is 16.8 Å². The zero-order chi connectivity index (χ0) is 7.82. The van der Waals surface area contributed by atoms with Crippen molar-refractivity contribution in [1.29, 1.82) is 0 Å². The molecule has 10 heavy (non-hydrogen) atoms. The average molecular weight is 142 g/mol. The molecule has 0 aliphatic heterocycles. The molecule has 2 N–H and O–H groups in total. The molecule has 0 saturated carbocycles. The molecule has 0 amide bonds. The molecule has 0 heterocycles. The van der Waals surface area contributed by atoms with Crippen molar-refractivity contribution in [3.63, 3.8) is 0 Å². The summed E-state index contributed by atoms with van der Waals surface area (Å²) in [5.41, 5.74) is 6.35. The Kier molecular flexibility index (Phi) is 5.77. The van der Waals surface area contributed by atoms with Crippen molar-refractivity contribution in [1.82, 2.24) is 0 Å². The van der Waals surface area contributed by atoms with Gasteiger partial charge in [0.25, 0.3) is 0 Å². The minimum atomic E-state index is 0.425. The Morgan fingerprint density at radius 3 is 2.80 bits per heavy atom. The summed E-state index contributed by atoms with van der Waals surface area (Å²) in [5, 5.41) is 3.57. The summed E-state index contributed by atoms with van der Waals surface area (Å²) in [6.45, 7) is 4.97. The van der Waals surface area contributed by atoms with Crippen molar-refractivity contribution in [2.45, 2.75) is 13.8 Å². The molecule has 3 heteroatoms. The van der Waals surface area contributed by atoms with Gasteiger partial charge < -0.3 is 10.6 Å². The molecule has 0 aromatic rings. The molecule has 0 spiro atoms. The molecule has 0 bridgehead atoms. The maximum Gasteiger partial charge on any atom is 0.135 e. The van der Waals surface area contributed by atoms with Gasteiger partial charge in [-0.1, -0.05) is 10.7 Å². The van der Waals surface area contributed by atoms with E-state index in [-0.39, 0.29) is 0 Å². The molecule has 0 fully saturated rings.